The van der Waals surface area contributed by atoms with Crippen molar-refractivity contribution in [3.8, 4) is 0 Å². The molecule has 1 fully saturated rings. The molecule has 0 amide bonds. The summed E-state index contributed by atoms with van der Waals surface area (Å²) in [6, 6.07) is 6.62. The van der Waals surface area contributed by atoms with Gasteiger partial charge in [0.1, 0.15) is 0 Å². The molecule has 1 saturated heterocycles. The first-order chi connectivity index (χ1) is 8.67. The number of nitrogens with one attached hydrogen (secondary N) is 1. The van der Waals surface area contributed by atoms with E-state index in [2.05, 4.69) is 23.5 Å². The fourth-order valence-electron chi connectivity index (χ4n) is 2.77. The lowest BCUT2D eigenvalue weighted by molar-refractivity contribution is -0.138. The van der Waals surface area contributed by atoms with Crippen molar-refractivity contribution in [2.45, 2.75) is 35.3 Å². The first-order valence-electron chi connectivity index (χ1n) is 6.40. The largest absolute Gasteiger partial charge is 0.481 e. The molecule has 0 atom stereocenters. The smallest absolute Gasteiger partial charge is 0.304 e. The number of fused-ring (bicyclic) bond motifs is 1. The monoisotopic (exact) mass is 263 g/mol. The first kappa shape index (κ1) is 12.1. The SMILES string of the molecule is O=C(O)CC1(Sc2ccc3c(c2)CCC3)CNC1. The van der Waals surface area contributed by atoms with E-state index in [1.807, 2.05) is 0 Å². The van der Waals surface area contributed by atoms with Gasteiger partial charge in [-0.1, -0.05) is 6.07 Å². The van der Waals surface area contributed by atoms with Crippen LogP contribution in [0.25, 0.3) is 0 Å². The summed E-state index contributed by atoms with van der Waals surface area (Å²) < 4.78 is -0.140. The van der Waals surface area contributed by atoms with Gasteiger partial charge in [0.05, 0.1) is 11.2 Å². The molecule has 2 aliphatic rings. The zero-order valence-corrected chi connectivity index (χ0v) is 11.1. The van der Waals surface area contributed by atoms with Crippen molar-refractivity contribution in [3.05, 3.63) is 29.3 Å². The molecule has 3 rings (SSSR count). The summed E-state index contributed by atoms with van der Waals surface area (Å²) in [6.45, 7) is 1.59. The van der Waals surface area contributed by atoms with Crippen LogP contribution in [0.4, 0.5) is 0 Å². The molecule has 0 aromatic heterocycles. The molecule has 1 aliphatic carbocycles. The van der Waals surface area contributed by atoms with Crippen LogP contribution in [0, 0.1) is 0 Å². The molecule has 0 saturated carbocycles. The van der Waals surface area contributed by atoms with Crippen LogP contribution in [0.5, 0.6) is 0 Å². The van der Waals surface area contributed by atoms with Crippen molar-refractivity contribution in [2.24, 2.45) is 0 Å². The predicted octanol–water partition coefficient (Wildman–Crippen LogP) is 2.08. The quantitative estimate of drug-likeness (QED) is 0.873. The number of hydrogen-bond donors (Lipinski definition) is 2. The van der Waals surface area contributed by atoms with Crippen molar-refractivity contribution in [2.75, 3.05) is 13.1 Å². The van der Waals surface area contributed by atoms with E-state index >= 15 is 0 Å². The second-order valence-corrected chi connectivity index (χ2v) is 6.78. The van der Waals surface area contributed by atoms with Crippen LogP contribution in [-0.4, -0.2) is 28.9 Å². The molecule has 0 radical (unpaired) electrons. The van der Waals surface area contributed by atoms with Crippen molar-refractivity contribution in [3.63, 3.8) is 0 Å². The van der Waals surface area contributed by atoms with Crippen LogP contribution < -0.4 is 5.32 Å². The molecular formula is C14H17NO2S. The van der Waals surface area contributed by atoms with Gasteiger partial charge in [-0.2, -0.15) is 0 Å². The second-order valence-electron chi connectivity index (χ2n) is 5.24. The van der Waals surface area contributed by atoms with Gasteiger partial charge >= 0.3 is 5.97 Å². The number of thioether (sulfide) groups is 1. The Balaban J connectivity index is 1.77. The van der Waals surface area contributed by atoms with Crippen LogP contribution in [0.15, 0.2) is 23.1 Å². The Bertz CT molecular complexity index is 483. The van der Waals surface area contributed by atoms with Gasteiger partial charge in [0.15, 0.2) is 0 Å². The number of carbonyl (C=O) groups is 1. The predicted molar refractivity (Wildman–Crippen MR) is 72.2 cm³/mol. The lowest BCUT2D eigenvalue weighted by Crippen LogP contribution is -2.57. The number of aliphatic carboxylic acids is 1. The Morgan fingerprint density at radius 3 is 2.78 bits per heavy atom. The number of hydrogen-bond acceptors (Lipinski definition) is 3. The Morgan fingerprint density at radius 1 is 1.33 bits per heavy atom. The Labute approximate surface area is 111 Å². The third-order valence-electron chi connectivity index (χ3n) is 3.77. The van der Waals surface area contributed by atoms with E-state index < -0.39 is 5.97 Å². The van der Waals surface area contributed by atoms with E-state index in [9.17, 15) is 4.79 Å². The zero-order chi connectivity index (χ0) is 12.6. The summed E-state index contributed by atoms with van der Waals surface area (Å²) in [5.74, 6) is -0.704. The second kappa shape index (κ2) is 4.59. The van der Waals surface area contributed by atoms with Gasteiger partial charge in [0.2, 0.25) is 0 Å². The fraction of sp³-hybridized carbons (Fsp3) is 0.500. The topological polar surface area (TPSA) is 49.3 Å². The molecule has 4 heteroatoms. The number of benzene rings is 1. The molecule has 2 N–H and O–H groups in total. The average Bonchev–Trinajstić information content (AvgIpc) is 2.72. The van der Waals surface area contributed by atoms with Gasteiger partial charge in [-0.15, -0.1) is 11.8 Å². The summed E-state index contributed by atoms with van der Waals surface area (Å²) in [4.78, 5) is 12.2. The highest BCUT2D eigenvalue weighted by molar-refractivity contribution is 8.00. The molecule has 1 aromatic rings. The highest BCUT2D eigenvalue weighted by atomic mass is 32.2. The van der Waals surface area contributed by atoms with Crippen LogP contribution in [-0.2, 0) is 17.6 Å². The molecule has 0 unspecified atom stereocenters. The summed E-state index contributed by atoms with van der Waals surface area (Å²) >= 11 is 1.73. The van der Waals surface area contributed by atoms with Gasteiger partial charge in [-0.3, -0.25) is 4.79 Å². The minimum atomic E-state index is -0.704. The Hall–Kier alpha value is -1.00. The minimum Gasteiger partial charge on any atom is -0.481 e. The lowest BCUT2D eigenvalue weighted by Gasteiger charge is -2.41. The number of aryl methyl sites for hydroxylation is 2. The normalized spacial score (nSPS) is 20.2. The van der Waals surface area contributed by atoms with Crippen LogP contribution in [0.2, 0.25) is 0 Å². The van der Waals surface area contributed by atoms with Gasteiger partial charge in [-0.25, -0.2) is 0 Å². The summed E-state index contributed by atoms with van der Waals surface area (Å²) in [7, 11) is 0. The van der Waals surface area contributed by atoms with Crippen molar-refractivity contribution < 1.29 is 9.90 Å². The number of carboxylic acid groups (broad SMARTS) is 1. The standard InChI is InChI=1S/C14H17NO2S/c16-13(17)7-14(8-15-9-14)18-12-5-4-10-2-1-3-11(10)6-12/h4-6,15H,1-3,7-9H2,(H,16,17). The summed E-state index contributed by atoms with van der Waals surface area (Å²) in [5.41, 5.74) is 2.93. The summed E-state index contributed by atoms with van der Waals surface area (Å²) in [5, 5.41) is 12.2. The van der Waals surface area contributed by atoms with Gasteiger partial charge in [0, 0.05) is 18.0 Å². The fourth-order valence-corrected chi connectivity index (χ4v) is 4.16. The molecule has 1 aliphatic heterocycles. The number of carboxylic acids is 1. The van der Waals surface area contributed by atoms with E-state index in [0.29, 0.717) is 0 Å². The maximum atomic E-state index is 10.9. The Morgan fingerprint density at radius 2 is 2.11 bits per heavy atom. The number of rotatable bonds is 4. The van der Waals surface area contributed by atoms with Crippen molar-refractivity contribution in [1.29, 1.82) is 0 Å². The van der Waals surface area contributed by atoms with E-state index in [0.717, 1.165) is 13.1 Å². The third kappa shape index (κ3) is 2.27. The van der Waals surface area contributed by atoms with E-state index in [1.165, 1.54) is 35.3 Å². The first-order valence-corrected chi connectivity index (χ1v) is 7.22. The lowest BCUT2D eigenvalue weighted by atomic mass is 9.98. The molecule has 0 bridgehead atoms. The van der Waals surface area contributed by atoms with Crippen LogP contribution >= 0.6 is 11.8 Å². The molecule has 1 heterocycles. The highest BCUT2D eigenvalue weighted by Gasteiger charge is 2.40. The molecule has 96 valence electrons. The molecular weight excluding hydrogens is 246 g/mol. The van der Waals surface area contributed by atoms with Gasteiger partial charge in [0.25, 0.3) is 0 Å². The van der Waals surface area contributed by atoms with Crippen molar-refractivity contribution >= 4 is 17.7 Å². The van der Waals surface area contributed by atoms with Crippen molar-refractivity contribution in [1.82, 2.24) is 5.32 Å². The maximum absolute atomic E-state index is 10.9. The van der Waals surface area contributed by atoms with Gasteiger partial charge in [-0.05, 0) is 42.5 Å². The van der Waals surface area contributed by atoms with E-state index in [-0.39, 0.29) is 11.2 Å². The average molecular weight is 263 g/mol. The van der Waals surface area contributed by atoms with Gasteiger partial charge < -0.3 is 10.4 Å². The van der Waals surface area contributed by atoms with Crippen LogP contribution in [0.3, 0.4) is 0 Å². The molecule has 0 spiro atoms. The molecule has 1 aromatic carbocycles. The van der Waals surface area contributed by atoms with Crippen LogP contribution in [0.1, 0.15) is 24.0 Å². The highest BCUT2D eigenvalue weighted by Crippen LogP contribution is 2.40. The summed E-state index contributed by atoms with van der Waals surface area (Å²) in [6.07, 6.45) is 3.86. The van der Waals surface area contributed by atoms with E-state index in [1.54, 1.807) is 11.8 Å². The third-order valence-corrected chi connectivity index (χ3v) is 5.13. The Kier molecular flexibility index (Phi) is 3.08. The molecule has 3 nitrogen and oxygen atoms in total. The maximum Gasteiger partial charge on any atom is 0.304 e. The minimum absolute atomic E-state index is 0.140. The molecule has 18 heavy (non-hydrogen) atoms. The van der Waals surface area contributed by atoms with E-state index in [4.69, 9.17) is 5.11 Å². The zero-order valence-electron chi connectivity index (χ0n) is 10.2.